The molecule has 1 aromatic rings. The van der Waals surface area contributed by atoms with Crippen LogP contribution in [0.3, 0.4) is 0 Å². The van der Waals surface area contributed by atoms with Crippen LogP contribution in [0.2, 0.25) is 0 Å². The van der Waals surface area contributed by atoms with E-state index in [0.29, 0.717) is 6.54 Å². The van der Waals surface area contributed by atoms with Crippen molar-refractivity contribution in [3.05, 3.63) is 29.8 Å². The summed E-state index contributed by atoms with van der Waals surface area (Å²) in [6.45, 7) is 0.530. The van der Waals surface area contributed by atoms with Gasteiger partial charge >= 0.3 is 10.2 Å². The van der Waals surface area contributed by atoms with E-state index in [1.165, 1.54) is 11.4 Å². The molecule has 0 saturated heterocycles. The summed E-state index contributed by atoms with van der Waals surface area (Å²) < 4.78 is 26.9. The Morgan fingerprint density at radius 2 is 2.07 bits per heavy atom. The topological polar surface area (TPSA) is 49.4 Å². The van der Waals surface area contributed by atoms with E-state index in [-0.39, 0.29) is 0 Å². The van der Waals surface area contributed by atoms with Crippen molar-refractivity contribution in [1.29, 1.82) is 0 Å². The largest absolute Gasteiger partial charge is 0.301 e. The van der Waals surface area contributed by atoms with Gasteiger partial charge in [-0.25, -0.2) is 4.72 Å². The SMILES string of the molecule is CNS(=O)(=O)N1CCc2ccccc21. The highest BCUT2D eigenvalue weighted by Crippen LogP contribution is 2.28. The summed E-state index contributed by atoms with van der Waals surface area (Å²) in [7, 11) is -1.90. The van der Waals surface area contributed by atoms with E-state index in [4.69, 9.17) is 0 Å². The lowest BCUT2D eigenvalue weighted by atomic mass is 10.2. The number of rotatable bonds is 2. The third-order valence-corrected chi connectivity index (χ3v) is 3.87. The maximum atomic E-state index is 11.6. The van der Waals surface area contributed by atoms with Crippen LogP contribution in [0.4, 0.5) is 5.69 Å². The highest BCUT2D eigenvalue weighted by molar-refractivity contribution is 7.90. The van der Waals surface area contributed by atoms with Crippen LogP contribution in [0, 0.1) is 0 Å². The van der Waals surface area contributed by atoms with Crippen LogP contribution in [0.25, 0.3) is 0 Å². The second-order valence-corrected chi connectivity index (χ2v) is 4.96. The van der Waals surface area contributed by atoms with E-state index in [0.717, 1.165) is 17.7 Å². The molecule has 0 aromatic heterocycles. The fourth-order valence-corrected chi connectivity index (χ4v) is 2.66. The zero-order valence-corrected chi connectivity index (χ0v) is 8.71. The Hall–Kier alpha value is -1.07. The third kappa shape index (κ3) is 1.38. The molecule has 0 amide bonds. The zero-order chi connectivity index (χ0) is 10.2. The summed E-state index contributed by atoms with van der Waals surface area (Å²) in [6, 6.07) is 7.56. The second-order valence-electron chi connectivity index (χ2n) is 3.16. The Balaban J connectivity index is 2.45. The minimum Gasteiger partial charge on any atom is -0.257 e. The van der Waals surface area contributed by atoms with E-state index in [1.807, 2.05) is 24.3 Å². The molecule has 14 heavy (non-hydrogen) atoms. The molecule has 0 spiro atoms. The fourth-order valence-electron chi connectivity index (χ4n) is 1.67. The third-order valence-electron chi connectivity index (χ3n) is 2.39. The first kappa shape index (κ1) is 9.48. The molecule has 4 nitrogen and oxygen atoms in total. The number of anilines is 1. The Labute approximate surface area is 83.7 Å². The smallest absolute Gasteiger partial charge is 0.257 e. The van der Waals surface area contributed by atoms with Crippen molar-refractivity contribution in [2.75, 3.05) is 17.9 Å². The lowest BCUT2D eigenvalue weighted by Gasteiger charge is -2.17. The van der Waals surface area contributed by atoms with Gasteiger partial charge in [-0.1, -0.05) is 18.2 Å². The summed E-state index contributed by atoms with van der Waals surface area (Å²) >= 11 is 0. The van der Waals surface area contributed by atoms with Crippen LogP contribution in [-0.4, -0.2) is 22.0 Å². The van der Waals surface area contributed by atoms with Crippen molar-refractivity contribution < 1.29 is 8.42 Å². The van der Waals surface area contributed by atoms with Crippen molar-refractivity contribution >= 4 is 15.9 Å². The van der Waals surface area contributed by atoms with Gasteiger partial charge in [0, 0.05) is 13.6 Å². The van der Waals surface area contributed by atoms with Crippen LogP contribution < -0.4 is 9.03 Å². The van der Waals surface area contributed by atoms with Crippen LogP contribution in [-0.2, 0) is 16.6 Å². The van der Waals surface area contributed by atoms with Crippen molar-refractivity contribution in [2.24, 2.45) is 0 Å². The maximum absolute atomic E-state index is 11.6. The van der Waals surface area contributed by atoms with Gasteiger partial charge in [0.05, 0.1) is 5.69 Å². The number of hydrogen-bond acceptors (Lipinski definition) is 2. The Morgan fingerprint density at radius 3 is 2.79 bits per heavy atom. The van der Waals surface area contributed by atoms with Gasteiger partial charge in [-0.2, -0.15) is 8.42 Å². The molecule has 0 radical (unpaired) electrons. The van der Waals surface area contributed by atoms with Crippen molar-refractivity contribution in [2.45, 2.75) is 6.42 Å². The van der Waals surface area contributed by atoms with E-state index >= 15 is 0 Å². The van der Waals surface area contributed by atoms with Gasteiger partial charge in [-0.3, -0.25) is 4.31 Å². The Bertz CT molecular complexity index is 442. The van der Waals surface area contributed by atoms with Gasteiger partial charge in [-0.15, -0.1) is 0 Å². The molecule has 0 fully saturated rings. The summed E-state index contributed by atoms with van der Waals surface area (Å²) in [5.41, 5.74) is 1.88. The Morgan fingerprint density at radius 1 is 1.36 bits per heavy atom. The van der Waals surface area contributed by atoms with Crippen molar-refractivity contribution in [1.82, 2.24) is 4.72 Å². The van der Waals surface area contributed by atoms with Crippen molar-refractivity contribution in [3.8, 4) is 0 Å². The first-order chi connectivity index (χ1) is 6.65. The molecule has 2 rings (SSSR count). The van der Waals surface area contributed by atoms with E-state index in [2.05, 4.69) is 4.72 Å². The van der Waals surface area contributed by atoms with Gasteiger partial charge in [0.25, 0.3) is 0 Å². The van der Waals surface area contributed by atoms with Crippen LogP contribution in [0.5, 0.6) is 0 Å². The molecule has 1 aromatic carbocycles. The minimum absolute atomic E-state index is 0.530. The van der Waals surface area contributed by atoms with E-state index in [1.54, 1.807) is 0 Å². The summed E-state index contributed by atoms with van der Waals surface area (Å²) in [6.07, 6.45) is 0.789. The van der Waals surface area contributed by atoms with Crippen LogP contribution in [0.15, 0.2) is 24.3 Å². The molecule has 1 aliphatic rings. The molecule has 0 unspecified atom stereocenters. The maximum Gasteiger partial charge on any atom is 0.301 e. The summed E-state index contributed by atoms with van der Waals surface area (Å²) in [5.74, 6) is 0. The molecule has 5 heteroatoms. The molecule has 76 valence electrons. The van der Waals surface area contributed by atoms with Crippen molar-refractivity contribution in [3.63, 3.8) is 0 Å². The fraction of sp³-hybridized carbons (Fsp3) is 0.333. The van der Waals surface area contributed by atoms with Gasteiger partial charge < -0.3 is 0 Å². The molecular weight excluding hydrogens is 200 g/mol. The second kappa shape index (κ2) is 3.25. The molecule has 0 bridgehead atoms. The monoisotopic (exact) mass is 212 g/mol. The number of para-hydroxylation sites is 1. The average Bonchev–Trinajstić information content (AvgIpc) is 2.61. The van der Waals surface area contributed by atoms with E-state index < -0.39 is 10.2 Å². The Kier molecular flexibility index (Phi) is 2.20. The summed E-state index contributed by atoms with van der Waals surface area (Å²) in [5, 5.41) is 0. The highest BCUT2D eigenvalue weighted by atomic mass is 32.2. The molecule has 0 aliphatic carbocycles. The summed E-state index contributed by atoms with van der Waals surface area (Å²) in [4.78, 5) is 0. The molecular formula is C9H12N2O2S. The zero-order valence-electron chi connectivity index (χ0n) is 7.90. The first-order valence-electron chi connectivity index (χ1n) is 4.44. The predicted octanol–water partition coefficient (Wildman–Crippen LogP) is 0.513. The molecule has 0 atom stereocenters. The number of benzene rings is 1. The lowest BCUT2D eigenvalue weighted by molar-refractivity contribution is 0.584. The van der Waals surface area contributed by atoms with Gasteiger partial charge in [0.2, 0.25) is 0 Å². The van der Waals surface area contributed by atoms with Gasteiger partial charge in [0.1, 0.15) is 0 Å². The van der Waals surface area contributed by atoms with E-state index in [9.17, 15) is 8.42 Å². The minimum atomic E-state index is -3.33. The van der Waals surface area contributed by atoms with Gasteiger partial charge in [-0.05, 0) is 18.1 Å². The van der Waals surface area contributed by atoms with Gasteiger partial charge in [0.15, 0.2) is 0 Å². The quantitative estimate of drug-likeness (QED) is 0.776. The predicted molar refractivity (Wildman–Crippen MR) is 55.5 cm³/mol. The molecule has 0 saturated carbocycles. The first-order valence-corrected chi connectivity index (χ1v) is 5.88. The van der Waals surface area contributed by atoms with Crippen LogP contribution in [0.1, 0.15) is 5.56 Å². The van der Waals surface area contributed by atoms with Crippen LogP contribution >= 0.6 is 0 Å². The number of hydrogen-bond donors (Lipinski definition) is 1. The molecule has 1 aliphatic heterocycles. The highest BCUT2D eigenvalue weighted by Gasteiger charge is 2.27. The molecule has 1 N–H and O–H groups in total. The number of fused-ring (bicyclic) bond motifs is 1. The normalized spacial score (nSPS) is 15.6. The standard InChI is InChI=1S/C9H12N2O2S/c1-10-14(12,13)11-7-6-8-4-2-3-5-9(8)11/h2-5,10H,6-7H2,1H3. The number of nitrogens with one attached hydrogen (secondary N) is 1. The molecule has 1 heterocycles. The number of nitrogens with zero attached hydrogens (tertiary/aromatic N) is 1. The lowest BCUT2D eigenvalue weighted by Crippen LogP contribution is -2.37. The average molecular weight is 212 g/mol.